The smallest absolute Gasteiger partial charge is 0.0861 e. The Labute approximate surface area is 127 Å². The molecule has 21 heavy (non-hydrogen) atoms. The second-order valence-electron chi connectivity index (χ2n) is 6.47. The molecule has 2 aliphatic carbocycles. The van der Waals surface area contributed by atoms with E-state index >= 15 is 0 Å². The first-order valence-electron chi connectivity index (χ1n) is 8.17. The summed E-state index contributed by atoms with van der Waals surface area (Å²) in [6, 6.07) is 21.6. The van der Waals surface area contributed by atoms with Gasteiger partial charge < -0.3 is 4.74 Å². The van der Waals surface area contributed by atoms with Crippen molar-refractivity contribution in [2.45, 2.75) is 37.9 Å². The van der Waals surface area contributed by atoms with E-state index in [1.807, 2.05) is 0 Å². The van der Waals surface area contributed by atoms with Gasteiger partial charge in [0.2, 0.25) is 0 Å². The molecule has 1 heteroatoms. The molecule has 4 rings (SSSR count). The van der Waals surface area contributed by atoms with Gasteiger partial charge in [0.15, 0.2) is 0 Å². The SMILES string of the molecule is c1ccc(C(OC(c2ccccc2)C2CC2)C2CC2)cc1. The van der Waals surface area contributed by atoms with Gasteiger partial charge in [-0.15, -0.1) is 0 Å². The highest BCUT2D eigenvalue weighted by molar-refractivity contribution is 5.22. The lowest BCUT2D eigenvalue weighted by Gasteiger charge is -2.26. The second-order valence-corrected chi connectivity index (χ2v) is 6.47. The van der Waals surface area contributed by atoms with Gasteiger partial charge in [-0.3, -0.25) is 0 Å². The summed E-state index contributed by atoms with van der Waals surface area (Å²) >= 11 is 0. The third-order valence-corrected chi connectivity index (χ3v) is 4.65. The van der Waals surface area contributed by atoms with Crippen molar-refractivity contribution in [2.75, 3.05) is 0 Å². The van der Waals surface area contributed by atoms with Crippen LogP contribution in [0.5, 0.6) is 0 Å². The zero-order valence-electron chi connectivity index (χ0n) is 12.3. The predicted molar refractivity (Wildman–Crippen MR) is 84.9 cm³/mol. The Balaban J connectivity index is 1.58. The Hall–Kier alpha value is -1.60. The zero-order valence-corrected chi connectivity index (χ0v) is 12.3. The van der Waals surface area contributed by atoms with Crippen LogP contribution in [0, 0.1) is 11.8 Å². The van der Waals surface area contributed by atoms with Gasteiger partial charge in [0.05, 0.1) is 12.2 Å². The maximum Gasteiger partial charge on any atom is 0.0861 e. The Morgan fingerprint density at radius 3 is 1.33 bits per heavy atom. The van der Waals surface area contributed by atoms with E-state index in [-0.39, 0.29) is 12.2 Å². The summed E-state index contributed by atoms with van der Waals surface area (Å²) in [4.78, 5) is 0. The van der Waals surface area contributed by atoms with Gasteiger partial charge in [0.25, 0.3) is 0 Å². The van der Waals surface area contributed by atoms with Crippen LogP contribution in [0.2, 0.25) is 0 Å². The molecule has 0 aliphatic heterocycles. The average Bonchev–Trinajstić information content (AvgIpc) is 3.43. The van der Waals surface area contributed by atoms with Crippen LogP contribution in [-0.2, 0) is 4.74 Å². The monoisotopic (exact) mass is 278 g/mol. The molecule has 2 unspecified atom stereocenters. The van der Waals surface area contributed by atoms with Gasteiger partial charge in [-0.05, 0) is 48.6 Å². The first kappa shape index (κ1) is 13.1. The van der Waals surface area contributed by atoms with Gasteiger partial charge in [0.1, 0.15) is 0 Å². The molecule has 2 atom stereocenters. The van der Waals surface area contributed by atoms with Crippen LogP contribution in [0.4, 0.5) is 0 Å². The lowest BCUT2D eigenvalue weighted by atomic mass is 10.0. The summed E-state index contributed by atoms with van der Waals surface area (Å²) in [6.45, 7) is 0. The number of rotatable bonds is 6. The van der Waals surface area contributed by atoms with Crippen LogP contribution in [0.15, 0.2) is 60.7 Å². The first-order chi connectivity index (χ1) is 10.4. The van der Waals surface area contributed by atoms with Crippen molar-refractivity contribution in [1.29, 1.82) is 0 Å². The predicted octanol–water partition coefficient (Wildman–Crippen LogP) is 5.31. The standard InChI is InChI=1S/C20H22O/c1-3-7-15(8-4-1)19(17-11-12-17)21-20(18-13-14-18)16-9-5-2-6-10-16/h1-10,17-20H,11-14H2. The van der Waals surface area contributed by atoms with Crippen LogP contribution in [0.25, 0.3) is 0 Å². The van der Waals surface area contributed by atoms with E-state index in [0.29, 0.717) is 0 Å². The number of ether oxygens (including phenoxy) is 1. The minimum Gasteiger partial charge on any atom is -0.365 e. The summed E-state index contributed by atoms with van der Waals surface area (Å²) in [5, 5.41) is 0. The molecule has 108 valence electrons. The van der Waals surface area contributed by atoms with E-state index in [1.54, 1.807) is 0 Å². The van der Waals surface area contributed by atoms with Gasteiger partial charge >= 0.3 is 0 Å². The molecule has 0 bridgehead atoms. The summed E-state index contributed by atoms with van der Waals surface area (Å²) in [5.41, 5.74) is 2.70. The molecule has 2 fully saturated rings. The summed E-state index contributed by atoms with van der Waals surface area (Å²) in [7, 11) is 0. The zero-order chi connectivity index (χ0) is 14.1. The minimum absolute atomic E-state index is 0.275. The fourth-order valence-electron chi connectivity index (χ4n) is 3.17. The summed E-state index contributed by atoms with van der Waals surface area (Å²) in [5.74, 6) is 1.44. The maximum atomic E-state index is 6.67. The molecule has 0 heterocycles. The van der Waals surface area contributed by atoms with Gasteiger partial charge in [-0.1, -0.05) is 60.7 Å². The molecule has 0 N–H and O–H groups in total. The summed E-state index contributed by atoms with van der Waals surface area (Å²) in [6.07, 6.45) is 5.80. The molecule has 2 aromatic carbocycles. The van der Waals surface area contributed by atoms with E-state index < -0.39 is 0 Å². The molecule has 0 aromatic heterocycles. The van der Waals surface area contributed by atoms with Gasteiger partial charge in [-0.2, -0.15) is 0 Å². The Morgan fingerprint density at radius 2 is 1.00 bits per heavy atom. The summed E-state index contributed by atoms with van der Waals surface area (Å²) < 4.78 is 6.67. The van der Waals surface area contributed by atoms with E-state index in [2.05, 4.69) is 60.7 Å². The third-order valence-electron chi connectivity index (χ3n) is 4.65. The minimum atomic E-state index is 0.275. The Kier molecular flexibility index (Phi) is 3.52. The van der Waals surface area contributed by atoms with Crippen LogP contribution in [-0.4, -0.2) is 0 Å². The quantitative estimate of drug-likeness (QED) is 0.696. The number of hydrogen-bond acceptors (Lipinski definition) is 1. The van der Waals surface area contributed by atoms with E-state index in [4.69, 9.17) is 4.74 Å². The van der Waals surface area contributed by atoms with Crippen LogP contribution >= 0.6 is 0 Å². The van der Waals surface area contributed by atoms with E-state index in [9.17, 15) is 0 Å². The number of hydrogen-bond donors (Lipinski definition) is 0. The molecular weight excluding hydrogens is 256 g/mol. The average molecular weight is 278 g/mol. The van der Waals surface area contributed by atoms with Gasteiger partial charge in [0, 0.05) is 0 Å². The van der Waals surface area contributed by atoms with Crippen LogP contribution in [0.1, 0.15) is 49.0 Å². The second kappa shape index (κ2) is 5.65. The molecule has 2 aromatic rings. The van der Waals surface area contributed by atoms with Crippen molar-refractivity contribution in [3.63, 3.8) is 0 Å². The van der Waals surface area contributed by atoms with Crippen molar-refractivity contribution >= 4 is 0 Å². The highest BCUT2D eigenvalue weighted by atomic mass is 16.5. The van der Waals surface area contributed by atoms with Crippen molar-refractivity contribution in [3.05, 3.63) is 71.8 Å². The van der Waals surface area contributed by atoms with E-state index in [0.717, 1.165) is 11.8 Å². The van der Waals surface area contributed by atoms with Crippen LogP contribution < -0.4 is 0 Å². The van der Waals surface area contributed by atoms with Gasteiger partial charge in [-0.25, -0.2) is 0 Å². The molecule has 0 radical (unpaired) electrons. The van der Waals surface area contributed by atoms with Crippen molar-refractivity contribution in [3.8, 4) is 0 Å². The van der Waals surface area contributed by atoms with Crippen molar-refractivity contribution in [1.82, 2.24) is 0 Å². The Morgan fingerprint density at radius 1 is 0.619 bits per heavy atom. The largest absolute Gasteiger partial charge is 0.365 e. The van der Waals surface area contributed by atoms with E-state index in [1.165, 1.54) is 36.8 Å². The first-order valence-corrected chi connectivity index (χ1v) is 8.17. The highest BCUT2D eigenvalue weighted by Crippen LogP contribution is 2.50. The van der Waals surface area contributed by atoms with Crippen molar-refractivity contribution in [2.24, 2.45) is 11.8 Å². The fraction of sp³-hybridized carbons (Fsp3) is 0.400. The normalized spacial score (nSPS) is 21.0. The molecule has 0 spiro atoms. The maximum absolute atomic E-state index is 6.67. The Bertz CT molecular complexity index is 516. The lowest BCUT2D eigenvalue weighted by Crippen LogP contribution is -2.14. The molecular formula is C20H22O. The molecule has 0 amide bonds. The molecule has 2 saturated carbocycles. The lowest BCUT2D eigenvalue weighted by molar-refractivity contribution is -0.0389. The third kappa shape index (κ3) is 3.03. The topological polar surface area (TPSA) is 9.23 Å². The molecule has 1 nitrogen and oxygen atoms in total. The van der Waals surface area contributed by atoms with Crippen LogP contribution in [0.3, 0.4) is 0 Å². The number of benzene rings is 2. The fourth-order valence-corrected chi connectivity index (χ4v) is 3.17. The highest BCUT2D eigenvalue weighted by Gasteiger charge is 2.39. The molecule has 2 aliphatic rings. The van der Waals surface area contributed by atoms with Crippen molar-refractivity contribution < 1.29 is 4.74 Å². The molecule has 0 saturated heterocycles.